The first-order chi connectivity index (χ1) is 8.20. The molecular formula is C13H19Cl2NS. The van der Waals surface area contributed by atoms with Crippen molar-refractivity contribution in [3.05, 3.63) is 33.8 Å². The van der Waals surface area contributed by atoms with Crippen LogP contribution in [0.4, 0.5) is 0 Å². The fourth-order valence-corrected chi connectivity index (χ4v) is 2.81. The molecule has 1 N–H and O–H groups in total. The van der Waals surface area contributed by atoms with Crippen LogP contribution in [0.1, 0.15) is 31.9 Å². The van der Waals surface area contributed by atoms with E-state index in [-0.39, 0.29) is 6.04 Å². The molecule has 0 saturated carbocycles. The minimum absolute atomic E-state index is 0.283. The Balaban J connectivity index is 2.83. The maximum Gasteiger partial charge on any atom is 0.0640 e. The molecule has 1 aromatic rings. The molecule has 1 unspecified atom stereocenters. The van der Waals surface area contributed by atoms with Crippen molar-refractivity contribution in [3.8, 4) is 0 Å². The highest BCUT2D eigenvalue weighted by atomic mass is 35.5. The first-order valence-electron chi connectivity index (χ1n) is 5.95. The van der Waals surface area contributed by atoms with E-state index in [4.69, 9.17) is 23.2 Å². The summed E-state index contributed by atoms with van der Waals surface area (Å²) in [5.74, 6) is 2.14. The standard InChI is InChI=1S/C13H19Cl2NS/c1-3-8-16-12(9-17-4-2)10-6-5-7-11(14)13(10)15/h5-7,12,16H,3-4,8-9H2,1-2H3. The Kier molecular flexibility index (Phi) is 7.36. The van der Waals surface area contributed by atoms with Crippen LogP contribution in [-0.2, 0) is 0 Å². The zero-order chi connectivity index (χ0) is 12.7. The molecule has 0 aliphatic carbocycles. The molecule has 0 spiro atoms. The summed E-state index contributed by atoms with van der Waals surface area (Å²) in [6.07, 6.45) is 1.12. The number of nitrogens with one attached hydrogen (secondary N) is 1. The largest absolute Gasteiger partial charge is 0.309 e. The van der Waals surface area contributed by atoms with Crippen molar-refractivity contribution in [2.45, 2.75) is 26.3 Å². The van der Waals surface area contributed by atoms with Gasteiger partial charge in [0.1, 0.15) is 0 Å². The Morgan fingerprint density at radius 3 is 2.71 bits per heavy atom. The molecule has 0 radical (unpaired) electrons. The summed E-state index contributed by atoms with van der Waals surface area (Å²) in [4.78, 5) is 0. The third kappa shape index (κ3) is 4.70. The minimum Gasteiger partial charge on any atom is -0.309 e. The third-order valence-electron chi connectivity index (χ3n) is 2.49. The van der Waals surface area contributed by atoms with Gasteiger partial charge in [-0.2, -0.15) is 11.8 Å². The van der Waals surface area contributed by atoms with Crippen molar-refractivity contribution in [1.82, 2.24) is 5.32 Å². The molecule has 0 aliphatic rings. The molecule has 0 fully saturated rings. The summed E-state index contributed by atoms with van der Waals surface area (Å²) >= 11 is 14.2. The second-order valence-electron chi connectivity index (χ2n) is 3.81. The summed E-state index contributed by atoms with van der Waals surface area (Å²) in [7, 11) is 0. The molecule has 17 heavy (non-hydrogen) atoms. The second kappa shape index (κ2) is 8.25. The quantitative estimate of drug-likeness (QED) is 0.775. The van der Waals surface area contributed by atoms with Gasteiger partial charge in [-0.05, 0) is 30.3 Å². The Morgan fingerprint density at radius 2 is 2.06 bits per heavy atom. The number of hydrogen-bond acceptors (Lipinski definition) is 2. The van der Waals surface area contributed by atoms with Crippen LogP contribution in [0.15, 0.2) is 18.2 Å². The van der Waals surface area contributed by atoms with Gasteiger partial charge in [0, 0.05) is 11.8 Å². The summed E-state index contributed by atoms with van der Waals surface area (Å²) in [5.41, 5.74) is 1.11. The topological polar surface area (TPSA) is 12.0 Å². The lowest BCUT2D eigenvalue weighted by molar-refractivity contribution is 0.577. The molecule has 0 bridgehead atoms. The van der Waals surface area contributed by atoms with Gasteiger partial charge in [0.2, 0.25) is 0 Å². The Hall–Kier alpha value is 0.110. The molecule has 4 heteroatoms. The maximum atomic E-state index is 6.26. The van der Waals surface area contributed by atoms with Gasteiger partial charge in [0.25, 0.3) is 0 Å². The number of thioether (sulfide) groups is 1. The van der Waals surface area contributed by atoms with E-state index in [1.807, 2.05) is 23.9 Å². The highest BCUT2D eigenvalue weighted by molar-refractivity contribution is 7.99. The number of halogens is 2. The normalized spacial score (nSPS) is 12.7. The van der Waals surface area contributed by atoms with Crippen LogP contribution in [0.2, 0.25) is 10.0 Å². The highest BCUT2D eigenvalue weighted by Crippen LogP contribution is 2.31. The van der Waals surface area contributed by atoms with Crippen molar-refractivity contribution in [1.29, 1.82) is 0 Å². The van der Waals surface area contributed by atoms with Crippen LogP contribution < -0.4 is 5.32 Å². The summed E-state index contributed by atoms with van der Waals surface area (Å²) < 4.78 is 0. The van der Waals surface area contributed by atoms with E-state index in [2.05, 4.69) is 25.2 Å². The van der Waals surface area contributed by atoms with Gasteiger partial charge in [-0.3, -0.25) is 0 Å². The van der Waals surface area contributed by atoms with Crippen molar-refractivity contribution < 1.29 is 0 Å². The van der Waals surface area contributed by atoms with Gasteiger partial charge in [-0.15, -0.1) is 0 Å². The second-order valence-corrected chi connectivity index (χ2v) is 5.91. The van der Waals surface area contributed by atoms with E-state index in [1.165, 1.54) is 0 Å². The monoisotopic (exact) mass is 291 g/mol. The molecule has 0 heterocycles. The van der Waals surface area contributed by atoms with Crippen LogP contribution in [0.3, 0.4) is 0 Å². The molecule has 0 saturated heterocycles. The zero-order valence-electron chi connectivity index (χ0n) is 10.3. The van der Waals surface area contributed by atoms with E-state index >= 15 is 0 Å². The van der Waals surface area contributed by atoms with E-state index in [1.54, 1.807) is 0 Å². The summed E-state index contributed by atoms with van der Waals surface area (Å²) in [6.45, 7) is 5.33. The van der Waals surface area contributed by atoms with Gasteiger partial charge < -0.3 is 5.32 Å². The summed E-state index contributed by atoms with van der Waals surface area (Å²) in [5, 5.41) is 4.84. The van der Waals surface area contributed by atoms with Crippen molar-refractivity contribution >= 4 is 35.0 Å². The van der Waals surface area contributed by atoms with Crippen LogP contribution in [0.25, 0.3) is 0 Å². The predicted octanol–water partition coefficient (Wildman–Crippen LogP) is 4.79. The van der Waals surface area contributed by atoms with Crippen LogP contribution in [0.5, 0.6) is 0 Å². The first kappa shape index (κ1) is 15.2. The number of rotatable bonds is 7. The van der Waals surface area contributed by atoms with Crippen LogP contribution in [-0.4, -0.2) is 18.1 Å². The molecular weight excluding hydrogens is 273 g/mol. The van der Waals surface area contributed by atoms with Gasteiger partial charge >= 0.3 is 0 Å². The molecule has 1 rings (SSSR count). The molecule has 0 aromatic heterocycles. The lowest BCUT2D eigenvalue weighted by atomic mass is 10.1. The smallest absolute Gasteiger partial charge is 0.0640 e. The molecule has 1 aromatic carbocycles. The minimum atomic E-state index is 0.283. The van der Waals surface area contributed by atoms with Gasteiger partial charge in [-0.1, -0.05) is 49.2 Å². The molecule has 1 atom stereocenters. The fourth-order valence-electron chi connectivity index (χ4n) is 1.60. The average molecular weight is 292 g/mol. The molecule has 1 nitrogen and oxygen atoms in total. The molecule has 0 aliphatic heterocycles. The van der Waals surface area contributed by atoms with Gasteiger partial charge in [-0.25, -0.2) is 0 Å². The van der Waals surface area contributed by atoms with Crippen molar-refractivity contribution in [2.24, 2.45) is 0 Å². The lowest BCUT2D eigenvalue weighted by Gasteiger charge is -2.20. The SMILES string of the molecule is CCCNC(CSCC)c1cccc(Cl)c1Cl. The zero-order valence-corrected chi connectivity index (χ0v) is 12.6. The maximum absolute atomic E-state index is 6.26. The predicted molar refractivity (Wildman–Crippen MR) is 80.5 cm³/mol. The fraction of sp³-hybridized carbons (Fsp3) is 0.538. The summed E-state index contributed by atoms with van der Waals surface area (Å²) in [6, 6.07) is 6.13. The molecule has 0 amide bonds. The molecule has 96 valence electrons. The van der Waals surface area contributed by atoms with Crippen molar-refractivity contribution in [2.75, 3.05) is 18.1 Å². The van der Waals surface area contributed by atoms with E-state index in [9.17, 15) is 0 Å². The van der Waals surface area contributed by atoms with Crippen molar-refractivity contribution in [3.63, 3.8) is 0 Å². The van der Waals surface area contributed by atoms with E-state index in [0.29, 0.717) is 10.0 Å². The van der Waals surface area contributed by atoms with Gasteiger partial charge in [0.05, 0.1) is 10.0 Å². The lowest BCUT2D eigenvalue weighted by Crippen LogP contribution is -2.24. The Bertz CT molecular complexity index is 336. The number of benzene rings is 1. The number of hydrogen-bond donors (Lipinski definition) is 1. The average Bonchev–Trinajstić information content (AvgIpc) is 2.34. The third-order valence-corrected chi connectivity index (χ3v) is 4.30. The first-order valence-corrected chi connectivity index (χ1v) is 7.86. The van der Waals surface area contributed by atoms with Gasteiger partial charge in [0.15, 0.2) is 0 Å². The van der Waals surface area contributed by atoms with Crippen LogP contribution >= 0.6 is 35.0 Å². The highest BCUT2D eigenvalue weighted by Gasteiger charge is 2.15. The van der Waals surface area contributed by atoms with E-state index in [0.717, 1.165) is 30.0 Å². The van der Waals surface area contributed by atoms with E-state index < -0.39 is 0 Å². The Morgan fingerprint density at radius 1 is 1.29 bits per heavy atom. The van der Waals surface area contributed by atoms with Crippen LogP contribution in [0, 0.1) is 0 Å². The Labute approximate surface area is 118 Å².